The van der Waals surface area contributed by atoms with Crippen molar-refractivity contribution in [2.75, 3.05) is 14.2 Å². The number of carboxylic acid groups (broad SMARTS) is 1. The van der Waals surface area contributed by atoms with E-state index in [1.807, 2.05) is 0 Å². The Morgan fingerprint density at radius 1 is 1.56 bits per heavy atom. The van der Waals surface area contributed by atoms with Gasteiger partial charge in [0, 0.05) is 19.1 Å². The molecule has 0 aliphatic rings. The topological polar surface area (TPSA) is 68.7 Å². The van der Waals surface area contributed by atoms with E-state index in [1.165, 1.54) is 14.2 Å². The van der Waals surface area contributed by atoms with Crippen molar-refractivity contribution < 1.29 is 19.4 Å². The van der Waals surface area contributed by atoms with E-state index in [1.54, 1.807) is 12.1 Å². The second-order valence-electron chi connectivity index (χ2n) is 3.07. The molecule has 1 unspecified atom stereocenters. The molecule has 0 saturated carbocycles. The van der Waals surface area contributed by atoms with Crippen LogP contribution in [0.5, 0.6) is 5.88 Å². The van der Waals surface area contributed by atoms with Gasteiger partial charge in [-0.3, -0.25) is 0 Å². The third kappa shape index (κ3) is 3.08. The summed E-state index contributed by atoms with van der Waals surface area (Å²) in [4.78, 5) is 14.7. The van der Waals surface area contributed by atoms with E-state index in [0.717, 1.165) is 0 Å². The van der Waals surface area contributed by atoms with E-state index < -0.39 is 12.1 Å². The molecular formula is C10H12ClNO4. The second-order valence-corrected chi connectivity index (χ2v) is 3.46. The normalized spacial score (nSPS) is 12.2. The van der Waals surface area contributed by atoms with Crippen molar-refractivity contribution in [1.29, 1.82) is 0 Å². The molecule has 1 aromatic heterocycles. The molecule has 0 aliphatic carbocycles. The lowest BCUT2D eigenvalue weighted by atomic mass is 10.1. The van der Waals surface area contributed by atoms with Crippen molar-refractivity contribution >= 4 is 17.6 Å². The van der Waals surface area contributed by atoms with E-state index in [4.69, 9.17) is 26.2 Å². The van der Waals surface area contributed by atoms with Crippen molar-refractivity contribution in [3.63, 3.8) is 0 Å². The number of aromatic nitrogens is 1. The maximum absolute atomic E-state index is 10.8. The van der Waals surface area contributed by atoms with Crippen LogP contribution in [-0.2, 0) is 16.0 Å². The highest BCUT2D eigenvalue weighted by atomic mass is 35.5. The van der Waals surface area contributed by atoms with Gasteiger partial charge in [0.1, 0.15) is 5.15 Å². The van der Waals surface area contributed by atoms with Gasteiger partial charge in [-0.15, -0.1) is 0 Å². The number of pyridine rings is 1. The SMILES string of the molecule is COc1nc(Cl)ccc1CC(OC)C(=O)O. The van der Waals surface area contributed by atoms with E-state index in [9.17, 15) is 4.79 Å². The first-order valence-corrected chi connectivity index (χ1v) is 4.91. The molecule has 0 saturated heterocycles. The molecule has 0 aliphatic heterocycles. The largest absolute Gasteiger partial charge is 0.481 e. The molecular weight excluding hydrogens is 234 g/mol. The minimum Gasteiger partial charge on any atom is -0.481 e. The number of aliphatic carboxylic acids is 1. The van der Waals surface area contributed by atoms with Crippen molar-refractivity contribution in [1.82, 2.24) is 4.98 Å². The third-order valence-electron chi connectivity index (χ3n) is 2.06. The van der Waals surface area contributed by atoms with E-state index in [-0.39, 0.29) is 6.42 Å². The fourth-order valence-corrected chi connectivity index (χ4v) is 1.39. The average molecular weight is 246 g/mol. The Morgan fingerprint density at radius 2 is 2.25 bits per heavy atom. The van der Waals surface area contributed by atoms with E-state index in [0.29, 0.717) is 16.6 Å². The zero-order chi connectivity index (χ0) is 12.1. The summed E-state index contributed by atoms with van der Waals surface area (Å²) in [6, 6.07) is 3.25. The van der Waals surface area contributed by atoms with Crippen LogP contribution in [0.15, 0.2) is 12.1 Å². The summed E-state index contributed by atoms with van der Waals surface area (Å²) in [5.41, 5.74) is 0.640. The molecule has 0 amide bonds. The van der Waals surface area contributed by atoms with Crippen LogP contribution >= 0.6 is 11.6 Å². The Hall–Kier alpha value is -1.33. The Morgan fingerprint density at radius 3 is 2.75 bits per heavy atom. The summed E-state index contributed by atoms with van der Waals surface area (Å²) in [5.74, 6) is -0.713. The monoisotopic (exact) mass is 245 g/mol. The molecule has 16 heavy (non-hydrogen) atoms. The summed E-state index contributed by atoms with van der Waals surface area (Å²) in [5, 5.41) is 9.14. The first kappa shape index (κ1) is 12.7. The van der Waals surface area contributed by atoms with Crippen LogP contribution in [0.3, 0.4) is 0 Å². The highest BCUT2D eigenvalue weighted by molar-refractivity contribution is 6.29. The number of hydrogen-bond donors (Lipinski definition) is 1. The van der Waals surface area contributed by atoms with Gasteiger partial charge in [0.05, 0.1) is 7.11 Å². The smallest absolute Gasteiger partial charge is 0.333 e. The predicted molar refractivity (Wildman–Crippen MR) is 57.9 cm³/mol. The van der Waals surface area contributed by atoms with E-state index >= 15 is 0 Å². The molecule has 0 bridgehead atoms. The standard InChI is InChI=1S/C10H12ClNO4/c1-15-7(10(13)14)5-6-3-4-8(11)12-9(6)16-2/h3-4,7H,5H2,1-2H3,(H,13,14). The van der Waals surface area contributed by atoms with Crippen LogP contribution in [-0.4, -0.2) is 36.4 Å². The highest BCUT2D eigenvalue weighted by Crippen LogP contribution is 2.20. The van der Waals surface area contributed by atoms with Crippen molar-refractivity contribution in [3.05, 3.63) is 22.8 Å². The molecule has 1 heterocycles. The van der Waals surface area contributed by atoms with Crippen LogP contribution < -0.4 is 4.74 Å². The fraction of sp³-hybridized carbons (Fsp3) is 0.400. The quantitative estimate of drug-likeness (QED) is 0.794. The summed E-state index contributed by atoms with van der Waals surface area (Å²) in [6.45, 7) is 0. The number of methoxy groups -OCH3 is 2. The first-order valence-electron chi connectivity index (χ1n) is 4.53. The lowest BCUT2D eigenvalue weighted by Crippen LogP contribution is -2.25. The summed E-state index contributed by atoms with van der Waals surface area (Å²) in [7, 11) is 2.79. The number of halogens is 1. The fourth-order valence-electron chi connectivity index (χ4n) is 1.25. The molecule has 0 fully saturated rings. The van der Waals surface area contributed by atoms with Crippen molar-refractivity contribution in [2.45, 2.75) is 12.5 Å². The highest BCUT2D eigenvalue weighted by Gasteiger charge is 2.19. The van der Waals surface area contributed by atoms with Gasteiger partial charge in [0.25, 0.3) is 0 Å². The van der Waals surface area contributed by atoms with Crippen LogP contribution in [0.1, 0.15) is 5.56 Å². The van der Waals surface area contributed by atoms with Gasteiger partial charge in [-0.1, -0.05) is 17.7 Å². The number of nitrogens with zero attached hydrogens (tertiary/aromatic N) is 1. The van der Waals surface area contributed by atoms with Crippen LogP contribution in [0.25, 0.3) is 0 Å². The van der Waals surface area contributed by atoms with Gasteiger partial charge in [-0.05, 0) is 6.07 Å². The Balaban J connectivity index is 2.91. The summed E-state index contributed by atoms with van der Waals surface area (Å²) >= 11 is 5.69. The third-order valence-corrected chi connectivity index (χ3v) is 2.27. The van der Waals surface area contributed by atoms with Crippen molar-refractivity contribution in [2.24, 2.45) is 0 Å². The number of carbonyl (C=O) groups is 1. The number of carboxylic acids is 1. The van der Waals surface area contributed by atoms with Crippen LogP contribution in [0, 0.1) is 0 Å². The maximum atomic E-state index is 10.8. The summed E-state index contributed by atoms with van der Waals surface area (Å²) in [6.07, 6.45) is -0.740. The van der Waals surface area contributed by atoms with Gasteiger partial charge in [-0.2, -0.15) is 0 Å². The Kier molecular flexibility index (Phi) is 4.52. The first-order chi connectivity index (χ1) is 7.58. The van der Waals surface area contributed by atoms with Crippen LogP contribution in [0.2, 0.25) is 5.15 Å². The molecule has 1 aromatic rings. The average Bonchev–Trinajstić information content (AvgIpc) is 2.26. The molecule has 1 atom stereocenters. The molecule has 1 N–H and O–H groups in total. The zero-order valence-corrected chi connectivity index (χ0v) is 9.69. The molecule has 0 radical (unpaired) electrons. The Bertz CT molecular complexity index is 383. The van der Waals surface area contributed by atoms with Gasteiger partial charge < -0.3 is 14.6 Å². The Labute approximate surface area is 98.0 Å². The molecule has 88 valence electrons. The number of hydrogen-bond acceptors (Lipinski definition) is 4. The zero-order valence-electron chi connectivity index (χ0n) is 8.94. The number of rotatable bonds is 5. The molecule has 6 heteroatoms. The minimum absolute atomic E-state index is 0.180. The summed E-state index contributed by atoms with van der Waals surface area (Å²) < 4.78 is 9.84. The molecule has 1 rings (SSSR count). The minimum atomic E-state index is -1.03. The lowest BCUT2D eigenvalue weighted by Gasteiger charge is -2.12. The molecule has 5 nitrogen and oxygen atoms in total. The van der Waals surface area contributed by atoms with Gasteiger partial charge >= 0.3 is 5.97 Å². The van der Waals surface area contributed by atoms with Crippen LogP contribution in [0.4, 0.5) is 0 Å². The number of ether oxygens (including phenoxy) is 2. The molecule has 0 spiro atoms. The van der Waals surface area contributed by atoms with Gasteiger partial charge in [0.15, 0.2) is 6.10 Å². The van der Waals surface area contributed by atoms with E-state index in [2.05, 4.69) is 4.98 Å². The molecule has 0 aromatic carbocycles. The van der Waals surface area contributed by atoms with Gasteiger partial charge in [0.2, 0.25) is 5.88 Å². The lowest BCUT2D eigenvalue weighted by molar-refractivity contribution is -0.148. The van der Waals surface area contributed by atoms with Gasteiger partial charge in [-0.25, -0.2) is 9.78 Å². The maximum Gasteiger partial charge on any atom is 0.333 e. The second kappa shape index (κ2) is 5.67. The predicted octanol–water partition coefficient (Wildman–Crippen LogP) is 1.39. The van der Waals surface area contributed by atoms with Crippen molar-refractivity contribution in [3.8, 4) is 5.88 Å².